The van der Waals surface area contributed by atoms with Gasteiger partial charge >= 0.3 is 6.18 Å². The van der Waals surface area contributed by atoms with Gasteiger partial charge in [-0.1, -0.05) is 55.7 Å². The van der Waals surface area contributed by atoms with E-state index in [1.165, 1.54) is 0 Å². The molecule has 3 aromatic rings. The van der Waals surface area contributed by atoms with Crippen molar-refractivity contribution < 1.29 is 18.0 Å². The van der Waals surface area contributed by atoms with Gasteiger partial charge < -0.3 is 10.3 Å². The molecule has 7 heteroatoms. The van der Waals surface area contributed by atoms with E-state index in [1.807, 2.05) is 30.3 Å². The molecule has 0 bridgehead atoms. The second-order valence-electron chi connectivity index (χ2n) is 7.55. The number of benzene rings is 2. The summed E-state index contributed by atoms with van der Waals surface area (Å²) in [5.74, 6) is -1.03. The van der Waals surface area contributed by atoms with Gasteiger partial charge in [0.1, 0.15) is 0 Å². The van der Waals surface area contributed by atoms with Crippen molar-refractivity contribution in [2.45, 2.75) is 44.3 Å². The van der Waals surface area contributed by atoms with Crippen molar-refractivity contribution in [1.82, 2.24) is 15.3 Å². The number of aromatic amines is 1. The van der Waals surface area contributed by atoms with E-state index in [1.54, 1.807) is 18.2 Å². The van der Waals surface area contributed by atoms with Crippen LogP contribution in [0.15, 0.2) is 48.5 Å². The molecule has 0 saturated heterocycles. The topological polar surface area (TPSA) is 57.8 Å². The van der Waals surface area contributed by atoms with Gasteiger partial charge in [0.05, 0.1) is 17.1 Å². The summed E-state index contributed by atoms with van der Waals surface area (Å²) < 4.78 is 38.9. The fourth-order valence-electron chi connectivity index (χ4n) is 3.97. The molecule has 0 aliphatic heterocycles. The van der Waals surface area contributed by atoms with Crippen molar-refractivity contribution in [3.63, 3.8) is 0 Å². The van der Waals surface area contributed by atoms with Gasteiger partial charge in [-0.2, -0.15) is 13.2 Å². The maximum Gasteiger partial charge on any atom is 0.449 e. The highest BCUT2D eigenvalue weighted by Crippen LogP contribution is 2.31. The molecule has 0 spiro atoms. The van der Waals surface area contributed by atoms with Crippen LogP contribution in [0.4, 0.5) is 13.2 Å². The van der Waals surface area contributed by atoms with Crippen LogP contribution in [-0.2, 0) is 11.0 Å². The number of imidazole rings is 1. The summed E-state index contributed by atoms with van der Waals surface area (Å²) in [7, 11) is 0. The molecule has 1 heterocycles. The monoisotopic (exact) mass is 401 g/mol. The standard InChI is InChI=1S/C22H22F3N3O/c23-22(24,25)21-26-17-12-11-16(13-18(17)27-21)19(14-7-3-1-4-8-14)28-20(29)15-9-5-2-6-10-15/h1,3-4,7-8,11-13,15,19H,2,5-6,9-10H2,(H,26,27)(H,28,29). The Balaban J connectivity index is 1.68. The van der Waals surface area contributed by atoms with Crippen LogP contribution in [0, 0.1) is 5.92 Å². The summed E-state index contributed by atoms with van der Waals surface area (Å²) in [4.78, 5) is 18.8. The molecule has 29 heavy (non-hydrogen) atoms. The molecule has 1 saturated carbocycles. The second-order valence-corrected chi connectivity index (χ2v) is 7.55. The normalized spacial score (nSPS) is 16.7. The predicted octanol–water partition coefficient (Wildman–Crippen LogP) is 5.37. The zero-order chi connectivity index (χ0) is 20.4. The third kappa shape index (κ3) is 4.28. The van der Waals surface area contributed by atoms with E-state index in [9.17, 15) is 18.0 Å². The lowest BCUT2D eigenvalue weighted by Crippen LogP contribution is -2.35. The van der Waals surface area contributed by atoms with Crippen LogP contribution in [0.3, 0.4) is 0 Å². The highest BCUT2D eigenvalue weighted by atomic mass is 19.4. The molecule has 1 aliphatic rings. The number of alkyl halides is 3. The first-order valence-corrected chi connectivity index (χ1v) is 9.84. The molecule has 2 N–H and O–H groups in total. The fourth-order valence-corrected chi connectivity index (χ4v) is 3.97. The number of amides is 1. The first-order valence-electron chi connectivity index (χ1n) is 9.84. The van der Waals surface area contributed by atoms with E-state index in [2.05, 4.69) is 15.3 Å². The van der Waals surface area contributed by atoms with Gasteiger partial charge in [-0.15, -0.1) is 0 Å². The van der Waals surface area contributed by atoms with Crippen molar-refractivity contribution in [3.05, 3.63) is 65.5 Å². The lowest BCUT2D eigenvalue weighted by atomic mass is 9.88. The first kappa shape index (κ1) is 19.5. The largest absolute Gasteiger partial charge is 0.449 e. The summed E-state index contributed by atoms with van der Waals surface area (Å²) in [6.45, 7) is 0. The number of nitrogens with zero attached hydrogens (tertiary/aromatic N) is 1. The predicted molar refractivity (Wildman–Crippen MR) is 104 cm³/mol. The van der Waals surface area contributed by atoms with E-state index in [0.29, 0.717) is 11.1 Å². The molecule has 1 aromatic heterocycles. The molecule has 4 rings (SSSR count). The van der Waals surface area contributed by atoms with Gasteiger partial charge in [0.15, 0.2) is 0 Å². The van der Waals surface area contributed by atoms with Gasteiger partial charge in [-0.3, -0.25) is 4.79 Å². The van der Waals surface area contributed by atoms with Crippen LogP contribution in [0.25, 0.3) is 11.0 Å². The minimum atomic E-state index is -4.53. The number of rotatable bonds is 4. The quantitative estimate of drug-likeness (QED) is 0.618. The molecule has 0 radical (unpaired) electrons. The molecule has 4 nitrogen and oxygen atoms in total. The fraction of sp³-hybridized carbons (Fsp3) is 0.364. The van der Waals surface area contributed by atoms with Gasteiger partial charge in [0.25, 0.3) is 0 Å². The van der Waals surface area contributed by atoms with Crippen molar-refractivity contribution in [3.8, 4) is 0 Å². The summed E-state index contributed by atoms with van der Waals surface area (Å²) in [6, 6.07) is 13.9. The second kappa shape index (κ2) is 7.89. The average molecular weight is 401 g/mol. The molecular formula is C22H22F3N3O. The summed E-state index contributed by atoms with van der Waals surface area (Å²) >= 11 is 0. The zero-order valence-electron chi connectivity index (χ0n) is 15.8. The van der Waals surface area contributed by atoms with Crippen LogP contribution in [0.1, 0.15) is 55.1 Å². The van der Waals surface area contributed by atoms with Crippen molar-refractivity contribution in [1.29, 1.82) is 0 Å². The van der Waals surface area contributed by atoms with Gasteiger partial charge in [0, 0.05) is 5.92 Å². The van der Waals surface area contributed by atoms with E-state index in [0.717, 1.165) is 37.7 Å². The van der Waals surface area contributed by atoms with Crippen molar-refractivity contribution in [2.24, 2.45) is 5.92 Å². The van der Waals surface area contributed by atoms with E-state index in [-0.39, 0.29) is 17.3 Å². The third-order valence-electron chi connectivity index (χ3n) is 5.50. The van der Waals surface area contributed by atoms with Crippen LogP contribution < -0.4 is 5.32 Å². The van der Waals surface area contributed by atoms with E-state index < -0.39 is 18.0 Å². The SMILES string of the molecule is O=C(NC(c1ccccc1)c1ccc2nc(C(F)(F)F)[nH]c2c1)C1CCCCC1. The number of carbonyl (C=O) groups is 1. The number of carbonyl (C=O) groups excluding carboxylic acids is 1. The summed E-state index contributed by atoms with van der Waals surface area (Å²) in [6.07, 6.45) is 0.476. The highest BCUT2D eigenvalue weighted by Gasteiger charge is 2.35. The highest BCUT2D eigenvalue weighted by molar-refractivity contribution is 5.80. The Morgan fingerprint density at radius 2 is 1.76 bits per heavy atom. The number of hydrogen-bond acceptors (Lipinski definition) is 2. The van der Waals surface area contributed by atoms with Crippen molar-refractivity contribution >= 4 is 16.9 Å². The minimum absolute atomic E-state index is 0.000703. The number of halogens is 3. The van der Waals surface area contributed by atoms with E-state index in [4.69, 9.17) is 0 Å². The lowest BCUT2D eigenvalue weighted by Gasteiger charge is -2.25. The number of nitrogens with one attached hydrogen (secondary N) is 2. The van der Waals surface area contributed by atoms with E-state index >= 15 is 0 Å². The maximum atomic E-state index is 13.0. The number of fused-ring (bicyclic) bond motifs is 1. The van der Waals surface area contributed by atoms with Gasteiger partial charge in [0.2, 0.25) is 11.7 Å². The third-order valence-corrected chi connectivity index (χ3v) is 5.50. The van der Waals surface area contributed by atoms with Gasteiger partial charge in [-0.05, 0) is 36.1 Å². The molecule has 1 amide bonds. The Labute approximate surface area is 166 Å². The average Bonchev–Trinajstić information content (AvgIpc) is 3.17. The molecule has 1 unspecified atom stereocenters. The summed E-state index contributed by atoms with van der Waals surface area (Å²) in [5.41, 5.74) is 2.13. The Bertz CT molecular complexity index is 991. The first-order chi connectivity index (χ1) is 13.9. The van der Waals surface area contributed by atoms with Crippen LogP contribution in [0.5, 0.6) is 0 Å². The molecule has 152 valence electrons. The Morgan fingerprint density at radius 1 is 1.03 bits per heavy atom. The zero-order valence-corrected chi connectivity index (χ0v) is 15.8. The molecule has 1 atom stereocenters. The minimum Gasteiger partial charge on any atom is -0.345 e. The molecule has 1 fully saturated rings. The maximum absolute atomic E-state index is 13.0. The number of hydrogen-bond donors (Lipinski definition) is 2. The Kier molecular flexibility index (Phi) is 5.30. The molecule has 1 aliphatic carbocycles. The smallest absolute Gasteiger partial charge is 0.345 e. The van der Waals surface area contributed by atoms with Crippen LogP contribution >= 0.6 is 0 Å². The number of aromatic nitrogens is 2. The molecule has 2 aromatic carbocycles. The lowest BCUT2D eigenvalue weighted by molar-refractivity contribution is -0.144. The van der Waals surface area contributed by atoms with Gasteiger partial charge in [-0.25, -0.2) is 4.98 Å². The summed E-state index contributed by atoms with van der Waals surface area (Å²) in [5, 5.41) is 3.13. The van der Waals surface area contributed by atoms with Crippen LogP contribution in [-0.4, -0.2) is 15.9 Å². The molecular weight excluding hydrogens is 379 g/mol. The van der Waals surface area contributed by atoms with Crippen LogP contribution in [0.2, 0.25) is 0 Å². The Morgan fingerprint density at radius 3 is 2.45 bits per heavy atom. The number of H-pyrrole nitrogens is 1. The van der Waals surface area contributed by atoms with Crippen molar-refractivity contribution in [2.75, 3.05) is 0 Å². The Hall–Kier alpha value is -2.83.